The van der Waals surface area contributed by atoms with E-state index in [1.807, 2.05) is 35.0 Å². The number of aromatic nitrogens is 3. The van der Waals surface area contributed by atoms with Crippen molar-refractivity contribution < 1.29 is 0 Å². The van der Waals surface area contributed by atoms with Gasteiger partial charge in [0, 0.05) is 0 Å². The summed E-state index contributed by atoms with van der Waals surface area (Å²) in [7, 11) is 0. The number of rotatable bonds is 5. The molecule has 0 amide bonds. The van der Waals surface area contributed by atoms with Crippen LogP contribution in [0.25, 0.3) is 5.69 Å². The molecule has 90 valence electrons. The van der Waals surface area contributed by atoms with Crippen LogP contribution in [-0.2, 0) is 0 Å². The first kappa shape index (κ1) is 11.8. The fourth-order valence-electron chi connectivity index (χ4n) is 1.86. The summed E-state index contributed by atoms with van der Waals surface area (Å²) in [6, 6.07) is 10.0. The van der Waals surface area contributed by atoms with Crippen molar-refractivity contribution in [3.63, 3.8) is 0 Å². The van der Waals surface area contributed by atoms with Crippen molar-refractivity contribution in [2.24, 2.45) is 5.84 Å². The molecule has 0 fully saturated rings. The van der Waals surface area contributed by atoms with E-state index < -0.39 is 0 Å². The van der Waals surface area contributed by atoms with Crippen LogP contribution in [0.2, 0.25) is 0 Å². The summed E-state index contributed by atoms with van der Waals surface area (Å²) < 4.78 is 1.82. The summed E-state index contributed by atoms with van der Waals surface area (Å²) in [6.07, 6.45) is 3.76. The lowest BCUT2D eigenvalue weighted by atomic mass is 10.1. The summed E-state index contributed by atoms with van der Waals surface area (Å²) in [5.41, 5.74) is 4.80. The highest BCUT2D eigenvalue weighted by Crippen LogP contribution is 2.19. The van der Waals surface area contributed by atoms with Crippen LogP contribution in [-0.4, -0.2) is 15.0 Å². The van der Waals surface area contributed by atoms with Crippen molar-refractivity contribution in [3.8, 4) is 5.69 Å². The van der Waals surface area contributed by atoms with Gasteiger partial charge in [0.2, 0.25) is 0 Å². The molecule has 0 spiro atoms. The Morgan fingerprint density at radius 2 is 2.12 bits per heavy atom. The van der Waals surface area contributed by atoms with Gasteiger partial charge in [0.1, 0.15) is 0 Å². The monoisotopic (exact) mass is 231 g/mol. The predicted molar refractivity (Wildman–Crippen MR) is 66.3 cm³/mol. The third-order valence-corrected chi connectivity index (χ3v) is 2.71. The Labute approximate surface area is 101 Å². The fourth-order valence-corrected chi connectivity index (χ4v) is 1.86. The van der Waals surface area contributed by atoms with E-state index in [0.717, 1.165) is 24.2 Å². The number of para-hydroxylation sites is 1. The molecule has 0 saturated carbocycles. The van der Waals surface area contributed by atoms with Gasteiger partial charge in [-0.15, -0.1) is 5.10 Å². The van der Waals surface area contributed by atoms with Gasteiger partial charge in [-0.1, -0.05) is 36.8 Å². The van der Waals surface area contributed by atoms with E-state index in [4.69, 9.17) is 5.84 Å². The van der Waals surface area contributed by atoms with E-state index in [9.17, 15) is 0 Å². The normalized spacial score (nSPS) is 12.6. The molecule has 0 aliphatic carbocycles. The van der Waals surface area contributed by atoms with Crippen molar-refractivity contribution in [1.29, 1.82) is 0 Å². The number of hydrogen-bond donors (Lipinski definition) is 2. The van der Waals surface area contributed by atoms with E-state index in [1.165, 1.54) is 0 Å². The summed E-state index contributed by atoms with van der Waals surface area (Å²) in [5.74, 6) is 5.58. The van der Waals surface area contributed by atoms with E-state index in [-0.39, 0.29) is 6.04 Å². The highest BCUT2D eigenvalue weighted by atomic mass is 15.4. The van der Waals surface area contributed by atoms with Gasteiger partial charge in [-0.05, 0) is 18.6 Å². The fraction of sp³-hybridized carbons (Fsp3) is 0.333. The summed E-state index contributed by atoms with van der Waals surface area (Å²) in [4.78, 5) is 0. The Morgan fingerprint density at radius 1 is 1.35 bits per heavy atom. The second kappa shape index (κ2) is 5.56. The molecule has 1 heterocycles. The summed E-state index contributed by atoms with van der Waals surface area (Å²) >= 11 is 0. The molecule has 5 heteroatoms. The third-order valence-electron chi connectivity index (χ3n) is 2.71. The molecule has 0 aliphatic rings. The van der Waals surface area contributed by atoms with Crippen LogP contribution in [0.4, 0.5) is 0 Å². The van der Waals surface area contributed by atoms with Crippen molar-refractivity contribution in [1.82, 2.24) is 20.4 Å². The van der Waals surface area contributed by atoms with E-state index >= 15 is 0 Å². The second-order valence-corrected chi connectivity index (χ2v) is 3.91. The molecule has 1 aromatic heterocycles. The number of nitrogens with two attached hydrogens (primary N) is 1. The van der Waals surface area contributed by atoms with Crippen LogP contribution in [0.3, 0.4) is 0 Å². The van der Waals surface area contributed by atoms with Crippen LogP contribution in [0.1, 0.15) is 31.5 Å². The Balaban J connectivity index is 2.34. The first-order valence-corrected chi connectivity index (χ1v) is 5.79. The van der Waals surface area contributed by atoms with Crippen molar-refractivity contribution >= 4 is 0 Å². The minimum Gasteiger partial charge on any atom is -0.271 e. The maximum Gasteiger partial charge on any atom is 0.0828 e. The number of hydrogen-bond acceptors (Lipinski definition) is 4. The smallest absolute Gasteiger partial charge is 0.0828 e. The molecule has 5 nitrogen and oxygen atoms in total. The summed E-state index contributed by atoms with van der Waals surface area (Å²) in [5, 5.41) is 8.08. The van der Waals surface area contributed by atoms with Gasteiger partial charge < -0.3 is 0 Å². The number of nitrogens with one attached hydrogen (secondary N) is 1. The number of benzene rings is 1. The predicted octanol–water partition coefficient (Wildman–Crippen LogP) is 1.57. The molecule has 0 saturated heterocycles. The molecular weight excluding hydrogens is 214 g/mol. The van der Waals surface area contributed by atoms with E-state index in [0.29, 0.717) is 0 Å². The molecule has 0 aliphatic heterocycles. The molecular formula is C12H17N5. The third kappa shape index (κ3) is 2.51. The zero-order chi connectivity index (χ0) is 12.1. The minimum absolute atomic E-state index is 0.0789. The highest BCUT2D eigenvalue weighted by molar-refractivity contribution is 5.32. The van der Waals surface area contributed by atoms with Gasteiger partial charge >= 0.3 is 0 Å². The van der Waals surface area contributed by atoms with Crippen LogP contribution in [0.15, 0.2) is 36.5 Å². The molecule has 0 bridgehead atoms. The molecule has 2 aromatic rings. The Bertz CT molecular complexity index is 451. The van der Waals surface area contributed by atoms with Gasteiger partial charge in [0.15, 0.2) is 0 Å². The first-order chi connectivity index (χ1) is 8.36. The standard InChI is InChI=1S/C12H17N5/c1-2-6-11(15-13)12-9-14-16-17(12)10-7-4-3-5-8-10/h3-5,7-9,11,15H,2,6,13H2,1H3. The van der Waals surface area contributed by atoms with Crippen LogP contribution < -0.4 is 11.3 Å². The molecule has 3 N–H and O–H groups in total. The lowest BCUT2D eigenvalue weighted by molar-refractivity contribution is 0.486. The number of hydrazine groups is 1. The second-order valence-electron chi connectivity index (χ2n) is 3.91. The van der Waals surface area contributed by atoms with E-state index in [2.05, 4.69) is 22.7 Å². The Hall–Kier alpha value is -1.72. The zero-order valence-electron chi connectivity index (χ0n) is 9.87. The van der Waals surface area contributed by atoms with Gasteiger partial charge in [-0.25, -0.2) is 4.68 Å². The molecule has 2 rings (SSSR count). The van der Waals surface area contributed by atoms with E-state index in [1.54, 1.807) is 6.20 Å². The van der Waals surface area contributed by atoms with Gasteiger partial charge in [0.05, 0.1) is 23.6 Å². The maximum absolute atomic E-state index is 5.58. The van der Waals surface area contributed by atoms with Crippen LogP contribution in [0.5, 0.6) is 0 Å². The van der Waals surface area contributed by atoms with Crippen LogP contribution in [0, 0.1) is 0 Å². The zero-order valence-corrected chi connectivity index (χ0v) is 9.87. The molecule has 0 radical (unpaired) electrons. The average Bonchev–Trinajstić information content (AvgIpc) is 2.86. The molecule has 1 aromatic carbocycles. The molecule has 1 atom stereocenters. The Kier molecular flexibility index (Phi) is 3.85. The van der Waals surface area contributed by atoms with Gasteiger partial charge in [0.25, 0.3) is 0 Å². The lowest BCUT2D eigenvalue weighted by Crippen LogP contribution is -2.29. The first-order valence-electron chi connectivity index (χ1n) is 5.79. The quantitative estimate of drug-likeness (QED) is 0.605. The largest absolute Gasteiger partial charge is 0.271 e. The Morgan fingerprint density at radius 3 is 2.76 bits per heavy atom. The van der Waals surface area contributed by atoms with Crippen molar-refractivity contribution in [2.45, 2.75) is 25.8 Å². The van der Waals surface area contributed by atoms with Gasteiger partial charge in [-0.2, -0.15) is 0 Å². The SMILES string of the molecule is CCCC(NN)c1cnnn1-c1ccccc1. The highest BCUT2D eigenvalue weighted by Gasteiger charge is 2.15. The van der Waals surface area contributed by atoms with Gasteiger partial charge in [-0.3, -0.25) is 11.3 Å². The number of nitrogens with zero attached hydrogens (tertiary/aromatic N) is 3. The minimum atomic E-state index is 0.0789. The van der Waals surface area contributed by atoms with Crippen molar-refractivity contribution in [2.75, 3.05) is 0 Å². The average molecular weight is 231 g/mol. The molecule has 17 heavy (non-hydrogen) atoms. The van der Waals surface area contributed by atoms with Crippen LogP contribution >= 0.6 is 0 Å². The molecule has 1 unspecified atom stereocenters. The maximum atomic E-state index is 5.58. The lowest BCUT2D eigenvalue weighted by Gasteiger charge is -2.15. The van der Waals surface area contributed by atoms with Crippen molar-refractivity contribution in [3.05, 3.63) is 42.2 Å². The summed E-state index contributed by atoms with van der Waals surface area (Å²) in [6.45, 7) is 2.13. The topological polar surface area (TPSA) is 68.8 Å².